The molecule has 1 aliphatic carbocycles. The topological polar surface area (TPSA) is 18.5 Å². The second kappa shape index (κ2) is 11.2. The van der Waals surface area contributed by atoms with Crippen molar-refractivity contribution in [2.45, 2.75) is 62.9 Å². The Morgan fingerprint density at radius 3 is 1.97 bits per heavy atom. The van der Waals surface area contributed by atoms with Gasteiger partial charge < -0.3 is 9.47 Å². The first-order chi connectivity index (χ1) is 16.4. The van der Waals surface area contributed by atoms with Crippen molar-refractivity contribution in [2.75, 3.05) is 13.9 Å². The summed E-state index contributed by atoms with van der Waals surface area (Å²) in [5, 5.41) is 0. The van der Waals surface area contributed by atoms with E-state index in [2.05, 4.69) is 0 Å². The number of hydrogen-bond donors (Lipinski definition) is 0. The van der Waals surface area contributed by atoms with Gasteiger partial charge in [-0.1, -0.05) is 24.3 Å². The van der Waals surface area contributed by atoms with Crippen LogP contribution in [0.5, 0.6) is 0 Å². The molecule has 0 bridgehead atoms. The maximum atomic E-state index is 14.3. The Labute approximate surface area is 198 Å². The van der Waals surface area contributed by atoms with Crippen molar-refractivity contribution in [2.24, 2.45) is 5.92 Å². The summed E-state index contributed by atoms with van der Waals surface area (Å²) in [6, 6.07) is 7.53. The Hall–Kier alpha value is -2.20. The van der Waals surface area contributed by atoms with E-state index in [4.69, 9.17) is 9.47 Å². The number of halogens is 8. The van der Waals surface area contributed by atoms with Crippen LogP contribution in [0.4, 0.5) is 35.1 Å². The molecule has 10 heteroatoms. The van der Waals surface area contributed by atoms with Crippen LogP contribution in [0.2, 0.25) is 0 Å². The maximum Gasteiger partial charge on any atom is 0.426 e. The zero-order valence-corrected chi connectivity index (χ0v) is 19.0. The third-order valence-electron chi connectivity index (χ3n) is 6.33. The molecule has 1 aliphatic rings. The van der Waals surface area contributed by atoms with Gasteiger partial charge in [0.05, 0.1) is 11.7 Å². The highest BCUT2D eigenvalue weighted by molar-refractivity contribution is 5.64. The smallest absolute Gasteiger partial charge is 0.359 e. The fraction of sp³-hybridized carbons (Fsp3) is 0.520. The molecule has 0 radical (unpaired) electrons. The van der Waals surface area contributed by atoms with Crippen molar-refractivity contribution >= 4 is 0 Å². The van der Waals surface area contributed by atoms with E-state index in [0.29, 0.717) is 18.1 Å². The number of hydrogen-bond acceptors (Lipinski definition) is 2. The molecule has 0 saturated heterocycles. The van der Waals surface area contributed by atoms with Crippen molar-refractivity contribution in [1.29, 1.82) is 0 Å². The quantitative estimate of drug-likeness (QED) is 0.254. The summed E-state index contributed by atoms with van der Waals surface area (Å²) in [7, 11) is 1.58. The molecule has 2 aromatic rings. The number of aryl methyl sites for hydroxylation is 1. The highest BCUT2D eigenvalue weighted by Crippen LogP contribution is 2.44. The molecular weight excluding hydrogens is 484 g/mol. The molecule has 0 amide bonds. The summed E-state index contributed by atoms with van der Waals surface area (Å²) in [5.41, 5.74) is -1.14. The molecule has 0 spiro atoms. The summed E-state index contributed by atoms with van der Waals surface area (Å²) in [4.78, 5) is 0. The predicted molar refractivity (Wildman–Crippen MR) is 114 cm³/mol. The van der Waals surface area contributed by atoms with Gasteiger partial charge in [0.1, 0.15) is 18.4 Å². The zero-order chi connectivity index (χ0) is 25.8. The molecule has 0 N–H and O–H groups in total. The first-order valence-electron chi connectivity index (χ1n) is 11.2. The van der Waals surface area contributed by atoms with Crippen LogP contribution in [0.15, 0.2) is 36.4 Å². The van der Waals surface area contributed by atoms with E-state index >= 15 is 0 Å². The van der Waals surface area contributed by atoms with Crippen molar-refractivity contribution in [3.8, 4) is 11.1 Å². The van der Waals surface area contributed by atoms with Gasteiger partial charge in [0.25, 0.3) is 6.17 Å². The lowest BCUT2D eigenvalue weighted by atomic mass is 9.83. The van der Waals surface area contributed by atoms with Crippen LogP contribution in [-0.4, -0.2) is 32.4 Å². The van der Waals surface area contributed by atoms with Gasteiger partial charge in [-0.15, -0.1) is 0 Å². The molecule has 0 heterocycles. The monoisotopic (exact) mass is 510 g/mol. The third-order valence-corrected chi connectivity index (χ3v) is 6.33. The first-order valence-corrected chi connectivity index (χ1v) is 11.2. The van der Waals surface area contributed by atoms with Crippen LogP contribution in [0.3, 0.4) is 0 Å². The van der Waals surface area contributed by atoms with E-state index in [9.17, 15) is 35.1 Å². The van der Waals surface area contributed by atoms with E-state index < -0.39 is 35.5 Å². The number of ether oxygens (including phenoxy) is 2. The van der Waals surface area contributed by atoms with Crippen LogP contribution in [0, 0.1) is 17.6 Å². The second-order valence-electron chi connectivity index (χ2n) is 8.79. The lowest BCUT2D eigenvalue weighted by molar-refractivity contribution is -0.249. The summed E-state index contributed by atoms with van der Waals surface area (Å²) < 4.78 is 117. The van der Waals surface area contributed by atoms with Crippen LogP contribution < -0.4 is 0 Å². The van der Waals surface area contributed by atoms with E-state index in [1.165, 1.54) is 0 Å². The fourth-order valence-corrected chi connectivity index (χ4v) is 4.38. The van der Waals surface area contributed by atoms with E-state index in [-0.39, 0.29) is 24.0 Å². The molecule has 1 fully saturated rings. The van der Waals surface area contributed by atoms with Gasteiger partial charge in [0, 0.05) is 7.11 Å². The van der Waals surface area contributed by atoms with Crippen LogP contribution >= 0.6 is 0 Å². The second-order valence-corrected chi connectivity index (χ2v) is 8.79. The molecule has 1 saturated carbocycles. The zero-order valence-electron chi connectivity index (χ0n) is 19.0. The van der Waals surface area contributed by atoms with Gasteiger partial charge in [0.2, 0.25) is 0 Å². The predicted octanol–water partition coefficient (Wildman–Crippen LogP) is 7.74. The lowest BCUT2D eigenvalue weighted by Gasteiger charge is -2.28. The number of benzene rings is 2. The average molecular weight is 510 g/mol. The van der Waals surface area contributed by atoms with Gasteiger partial charge in [-0.2, -0.15) is 22.0 Å². The molecule has 1 unspecified atom stereocenters. The van der Waals surface area contributed by atoms with E-state index in [1.807, 2.05) is 0 Å². The largest absolute Gasteiger partial charge is 0.426 e. The summed E-state index contributed by atoms with van der Waals surface area (Å²) >= 11 is 0. The number of rotatable bonds is 9. The molecule has 194 valence electrons. The van der Waals surface area contributed by atoms with Crippen LogP contribution in [0.25, 0.3) is 11.1 Å². The SMILES string of the molecule is COCOC1CCC(CCc2ccc(-c3cc(F)c(C(F)(F)C(F)C(F)(F)F)c(F)c3)cc2)CC1. The van der Waals surface area contributed by atoms with Crippen LogP contribution in [-0.2, 0) is 21.8 Å². The maximum absolute atomic E-state index is 14.3. The number of alkyl halides is 6. The average Bonchev–Trinajstić information content (AvgIpc) is 2.80. The minimum atomic E-state index is -5.98. The van der Waals surface area contributed by atoms with E-state index in [1.54, 1.807) is 31.4 Å². The van der Waals surface area contributed by atoms with Crippen molar-refractivity contribution < 1.29 is 44.6 Å². The molecule has 0 aromatic heterocycles. The van der Waals surface area contributed by atoms with Crippen LogP contribution in [0.1, 0.15) is 43.2 Å². The first kappa shape index (κ1) is 27.4. The molecule has 3 rings (SSSR count). The van der Waals surface area contributed by atoms with Crippen molar-refractivity contribution in [1.82, 2.24) is 0 Å². The van der Waals surface area contributed by atoms with Crippen molar-refractivity contribution in [3.05, 3.63) is 59.2 Å². The standard InChI is InChI=1S/C25H26F8O2/c1-34-14-35-19-10-6-16(7-11-19)3-2-15-4-8-17(9-5-15)18-12-20(26)22(21(27)13-18)24(29,30)23(28)25(31,32)33/h4-5,8-9,12-13,16,19,23H,2-3,6-7,10-11,14H2,1H3. The summed E-state index contributed by atoms with van der Waals surface area (Å²) in [6.45, 7) is 0.282. The minimum Gasteiger partial charge on any atom is -0.359 e. The minimum absolute atomic E-state index is 0.150. The Morgan fingerprint density at radius 1 is 0.886 bits per heavy atom. The number of methoxy groups -OCH3 is 1. The summed E-state index contributed by atoms with van der Waals surface area (Å²) in [5.74, 6) is -8.77. The molecule has 35 heavy (non-hydrogen) atoms. The van der Waals surface area contributed by atoms with Gasteiger partial charge in [-0.25, -0.2) is 13.2 Å². The molecule has 1 atom stereocenters. The Kier molecular flexibility index (Phi) is 8.80. The lowest BCUT2D eigenvalue weighted by Crippen LogP contribution is -2.40. The van der Waals surface area contributed by atoms with Crippen molar-refractivity contribution in [3.63, 3.8) is 0 Å². The summed E-state index contributed by atoms with van der Waals surface area (Å²) in [6.07, 6.45) is -4.78. The normalized spacial score (nSPS) is 20.1. The molecule has 2 aromatic carbocycles. The Bertz CT molecular complexity index is 943. The van der Waals surface area contributed by atoms with Gasteiger partial charge in [0.15, 0.2) is 0 Å². The molecular formula is C25H26F8O2. The van der Waals surface area contributed by atoms with Gasteiger partial charge >= 0.3 is 12.1 Å². The third kappa shape index (κ3) is 6.73. The Balaban J connectivity index is 1.64. The molecule has 0 aliphatic heterocycles. The Morgan fingerprint density at radius 2 is 1.46 bits per heavy atom. The fourth-order valence-electron chi connectivity index (χ4n) is 4.38. The van der Waals surface area contributed by atoms with Gasteiger partial charge in [-0.05, 0) is 73.3 Å². The van der Waals surface area contributed by atoms with Gasteiger partial charge in [-0.3, -0.25) is 0 Å². The molecule has 2 nitrogen and oxygen atoms in total. The highest BCUT2D eigenvalue weighted by Gasteiger charge is 2.59. The van der Waals surface area contributed by atoms with E-state index in [0.717, 1.165) is 44.1 Å². The highest BCUT2D eigenvalue weighted by atomic mass is 19.4.